The first kappa shape index (κ1) is 10.3. The normalized spacial score (nSPS) is 10.1. The van der Waals surface area contributed by atoms with Crippen LogP contribution in [0.5, 0.6) is 0 Å². The summed E-state index contributed by atoms with van der Waals surface area (Å²) in [7, 11) is 0. The number of nitrogens with zero attached hydrogens (tertiary/aromatic N) is 2. The molecule has 70 valence electrons. The molecule has 0 spiro atoms. The zero-order valence-electron chi connectivity index (χ0n) is 7.11. The summed E-state index contributed by atoms with van der Waals surface area (Å²) in [5.74, 6) is 0. The minimum Gasteiger partial charge on any atom is -0.255 e. The van der Waals surface area contributed by atoms with Crippen LogP contribution >= 0.6 is 45.2 Å². The van der Waals surface area contributed by atoms with E-state index in [1.807, 2.05) is 30.3 Å². The number of aromatic nitrogens is 2. The van der Waals surface area contributed by atoms with Crippen LogP contribution < -0.4 is 0 Å². The van der Waals surface area contributed by atoms with Crippen LogP contribution in [0.25, 0.3) is 11.4 Å². The van der Waals surface area contributed by atoms with Gasteiger partial charge in [-0.25, -0.2) is 4.98 Å². The quantitative estimate of drug-likeness (QED) is 0.535. The predicted molar refractivity (Wildman–Crippen MR) is 72.9 cm³/mol. The zero-order chi connectivity index (χ0) is 9.97. The SMILES string of the molecule is Ic1ccnc(-c2cccc(I)n2)c1. The van der Waals surface area contributed by atoms with Gasteiger partial charge in [-0.2, -0.15) is 0 Å². The van der Waals surface area contributed by atoms with Gasteiger partial charge in [0.1, 0.15) is 3.70 Å². The van der Waals surface area contributed by atoms with E-state index in [2.05, 4.69) is 55.1 Å². The molecule has 0 aliphatic carbocycles. The standard InChI is InChI=1S/C10H6I2N2/c11-7-4-5-13-9(6-7)8-2-1-3-10(12)14-8/h1-6H. The minimum absolute atomic E-state index is 0.926. The Balaban J connectivity index is 2.49. The largest absolute Gasteiger partial charge is 0.255 e. The van der Waals surface area contributed by atoms with Crippen molar-refractivity contribution in [1.29, 1.82) is 0 Å². The predicted octanol–water partition coefficient (Wildman–Crippen LogP) is 3.35. The summed E-state index contributed by atoms with van der Waals surface area (Å²) in [5.41, 5.74) is 1.85. The molecular weight excluding hydrogens is 402 g/mol. The molecule has 2 aromatic rings. The molecule has 0 saturated heterocycles. The molecule has 0 saturated carbocycles. The summed E-state index contributed by atoms with van der Waals surface area (Å²) in [5, 5.41) is 0. The molecule has 0 fully saturated rings. The molecular formula is C10H6I2N2. The molecule has 4 heteroatoms. The topological polar surface area (TPSA) is 25.8 Å². The summed E-state index contributed by atoms with van der Waals surface area (Å²) in [4.78, 5) is 8.69. The van der Waals surface area contributed by atoms with Crippen LogP contribution in [0.1, 0.15) is 0 Å². The maximum absolute atomic E-state index is 4.41. The van der Waals surface area contributed by atoms with E-state index in [4.69, 9.17) is 0 Å². The van der Waals surface area contributed by atoms with Gasteiger partial charge in [-0.15, -0.1) is 0 Å². The van der Waals surface area contributed by atoms with Crippen molar-refractivity contribution in [2.45, 2.75) is 0 Å². The van der Waals surface area contributed by atoms with Crippen molar-refractivity contribution in [2.75, 3.05) is 0 Å². The third-order valence-electron chi connectivity index (χ3n) is 1.70. The Morgan fingerprint density at radius 1 is 1.00 bits per heavy atom. The molecule has 0 bridgehead atoms. The average molecular weight is 408 g/mol. The third kappa shape index (κ3) is 2.41. The van der Waals surface area contributed by atoms with Crippen LogP contribution in [0, 0.1) is 7.27 Å². The van der Waals surface area contributed by atoms with Crippen LogP contribution in [-0.4, -0.2) is 9.97 Å². The van der Waals surface area contributed by atoms with E-state index in [9.17, 15) is 0 Å². The minimum atomic E-state index is 0.926. The van der Waals surface area contributed by atoms with Crippen molar-refractivity contribution in [3.05, 3.63) is 43.8 Å². The molecule has 2 rings (SSSR count). The smallest absolute Gasteiger partial charge is 0.102 e. The molecule has 0 aliphatic rings. The van der Waals surface area contributed by atoms with E-state index in [1.165, 1.54) is 3.57 Å². The van der Waals surface area contributed by atoms with Gasteiger partial charge >= 0.3 is 0 Å². The van der Waals surface area contributed by atoms with E-state index < -0.39 is 0 Å². The van der Waals surface area contributed by atoms with Crippen LogP contribution in [-0.2, 0) is 0 Å². The van der Waals surface area contributed by atoms with Gasteiger partial charge < -0.3 is 0 Å². The van der Waals surface area contributed by atoms with Gasteiger partial charge in [-0.3, -0.25) is 4.98 Å². The van der Waals surface area contributed by atoms with Gasteiger partial charge in [0.2, 0.25) is 0 Å². The molecule has 2 heterocycles. The second-order valence-corrected chi connectivity index (χ2v) is 5.06. The van der Waals surface area contributed by atoms with Crippen molar-refractivity contribution in [1.82, 2.24) is 9.97 Å². The van der Waals surface area contributed by atoms with Crippen LogP contribution in [0.3, 0.4) is 0 Å². The summed E-state index contributed by atoms with van der Waals surface area (Å²) >= 11 is 4.47. The van der Waals surface area contributed by atoms with E-state index in [-0.39, 0.29) is 0 Å². The van der Waals surface area contributed by atoms with E-state index in [1.54, 1.807) is 6.20 Å². The fourth-order valence-electron chi connectivity index (χ4n) is 1.10. The highest BCUT2D eigenvalue weighted by Gasteiger charge is 2.01. The average Bonchev–Trinajstić information content (AvgIpc) is 2.18. The first-order valence-electron chi connectivity index (χ1n) is 4.00. The Morgan fingerprint density at radius 3 is 2.57 bits per heavy atom. The van der Waals surface area contributed by atoms with Gasteiger partial charge in [0.05, 0.1) is 11.4 Å². The van der Waals surface area contributed by atoms with Gasteiger partial charge in [-0.1, -0.05) is 6.07 Å². The van der Waals surface area contributed by atoms with Crippen molar-refractivity contribution in [2.24, 2.45) is 0 Å². The first-order chi connectivity index (χ1) is 6.75. The Morgan fingerprint density at radius 2 is 1.86 bits per heavy atom. The highest BCUT2D eigenvalue weighted by molar-refractivity contribution is 14.1. The fraction of sp³-hybridized carbons (Fsp3) is 0. The molecule has 0 unspecified atom stereocenters. The van der Waals surface area contributed by atoms with Crippen molar-refractivity contribution in [3.8, 4) is 11.4 Å². The zero-order valence-corrected chi connectivity index (χ0v) is 11.4. The number of pyridine rings is 2. The lowest BCUT2D eigenvalue weighted by Gasteiger charge is -2.00. The second-order valence-electron chi connectivity index (χ2n) is 2.70. The van der Waals surface area contributed by atoms with E-state index in [0.29, 0.717) is 0 Å². The second kappa shape index (κ2) is 4.52. The van der Waals surface area contributed by atoms with Gasteiger partial charge in [-0.05, 0) is 69.4 Å². The molecule has 0 radical (unpaired) electrons. The Labute approximate surface area is 109 Å². The maximum atomic E-state index is 4.41. The maximum Gasteiger partial charge on any atom is 0.102 e. The number of hydrogen-bond acceptors (Lipinski definition) is 2. The van der Waals surface area contributed by atoms with E-state index >= 15 is 0 Å². The summed E-state index contributed by atoms with van der Waals surface area (Å²) in [6.07, 6.45) is 1.80. The number of rotatable bonds is 1. The van der Waals surface area contributed by atoms with Gasteiger partial charge in [0, 0.05) is 9.77 Å². The lowest BCUT2D eigenvalue weighted by Crippen LogP contribution is -1.89. The molecule has 0 atom stereocenters. The Bertz CT molecular complexity index is 414. The Hall–Kier alpha value is -0.240. The summed E-state index contributed by atoms with van der Waals surface area (Å²) in [6.45, 7) is 0. The van der Waals surface area contributed by atoms with Gasteiger partial charge in [0.15, 0.2) is 0 Å². The van der Waals surface area contributed by atoms with Crippen LogP contribution in [0.15, 0.2) is 36.5 Å². The third-order valence-corrected chi connectivity index (χ3v) is 2.97. The van der Waals surface area contributed by atoms with Crippen molar-refractivity contribution >= 4 is 45.2 Å². The molecule has 0 amide bonds. The van der Waals surface area contributed by atoms with Crippen molar-refractivity contribution in [3.63, 3.8) is 0 Å². The fourth-order valence-corrected chi connectivity index (χ4v) is 2.02. The van der Waals surface area contributed by atoms with Crippen LogP contribution in [0.4, 0.5) is 0 Å². The molecule has 0 N–H and O–H groups in total. The van der Waals surface area contributed by atoms with Gasteiger partial charge in [0.25, 0.3) is 0 Å². The lowest BCUT2D eigenvalue weighted by molar-refractivity contribution is 1.21. The van der Waals surface area contributed by atoms with Crippen LogP contribution in [0.2, 0.25) is 0 Å². The highest BCUT2D eigenvalue weighted by atomic mass is 127. The summed E-state index contributed by atoms with van der Waals surface area (Å²) < 4.78 is 2.16. The first-order valence-corrected chi connectivity index (χ1v) is 6.16. The Kier molecular flexibility index (Phi) is 3.32. The monoisotopic (exact) mass is 408 g/mol. The van der Waals surface area contributed by atoms with E-state index in [0.717, 1.165) is 15.1 Å². The molecule has 0 aliphatic heterocycles. The highest BCUT2D eigenvalue weighted by Crippen LogP contribution is 2.17. The number of halogens is 2. The lowest BCUT2D eigenvalue weighted by atomic mass is 10.2. The molecule has 2 aromatic heterocycles. The molecule has 2 nitrogen and oxygen atoms in total. The van der Waals surface area contributed by atoms with Crippen molar-refractivity contribution < 1.29 is 0 Å². The molecule has 14 heavy (non-hydrogen) atoms. The molecule has 0 aromatic carbocycles. The number of hydrogen-bond donors (Lipinski definition) is 0. The summed E-state index contributed by atoms with van der Waals surface area (Å²) in [6, 6.07) is 9.93.